The highest BCUT2D eigenvalue weighted by Crippen LogP contribution is 2.35. The van der Waals surface area contributed by atoms with Crippen LogP contribution in [0.3, 0.4) is 0 Å². The van der Waals surface area contributed by atoms with Gasteiger partial charge in [0.25, 0.3) is 0 Å². The molecule has 0 spiro atoms. The predicted molar refractivity (Wildman–Crippen MR) is 147 cm³/mol. The van der Waals surface area contributed by atoms with Crippen LogP contribution in [-0.4, -0.2) is 22.3 Å². The maximum atomic E-state index is 10.9. The average Bonchev–Trinajstić information content (AvgIpc) is 2.92. The lowest BCUT2D eigenvalue weighted by molar-refractivity contribution is -0.131. The number of aromatic nitrogens is 1. The molecule has 5 heteroatoms. The predicted octanol–water partition coefficient (Wildman–Crippen LogP) is 6.51. The first-order valence-electron chi connectivity index (χ1n) is 11.7. The van der Waals surface area contributed by atoms with E-state index >= 15 is 0 Å². The smallest absolute Gasteiger partial charge is 0.328 e. The second-order valence-corrected chi connectivity index (χ2v) is 8.20. The molecule has 1 aromatic heterocycles. The largest absolute Gasteiger partial charge is 0.478 e. The number of aliphatic carboxylic acids is 1. The van der Waals surface area contributed by atoms with Crippen molar-refractivity contribution in [2.75, 3.05) is 0 Å². The number of hydrogen-bond acceptors (Lipinski definition) is 4. The van der Waals surface area contributed by atoms with Crippen molar-refractivity contribution in [1.82, 2.24) is 4.98 Å². The summed E-state index contributed by atoms with van der Waals surface area (Å²) in [6.45, 7) is 2.15. The van der Waals surface area contributed by atoms with E-state index in [2.05, 4.69) is 53.4 Å². The van der Waals surface area contributed by atoms with Crippen molar-refractivity contribution in [3.8, 4) is 11.3 Å². The molecule has 178 valence electrons. The Kier molecular flexibility index (Phi) is 7.83. The van der Waals surface area contributed by atoms with Crippen LogP contribution >= 0.6 is 0 Å². The third-order valence-electron chi connectivity index (χ3n) is 5.87. The van der Waals surface area contributed by atoms with E-state index in [1.807, 2.05) is 54.6 Å². The number of hydrogen-bond donors (Lipinski definition) is 2. The van der Waals surface area contributed by atoms with Crippen LogP contribution in [0.25, 0.3) is 28.5 Å². The zero-order valence-corrected chi connectivity index (χ0v) is 20.0. The molecule has 0 amide bonds. The summed E-state index contributed by atoms with van der Waals surface area (Å²) in [5.41, 5.74) is 9.23. The summed E-state index contributed by atoms with van der Waals surface area (Å²) in [6, 6.07) is 30.4. The van der Waals surface area contributed by atoms with Crippen molar-refractivity contribution >= 4 is 29.4 Å². The van der Waals surface area contributed by atoms with Gasteiger partial charge in [-0.15, -0.1) is 0 Å². The van der Waals surface area contributed by atoms with Crippen LogP contribution in [0.2, 0.25) is 0 Å². The van der Waals surface area contributed by atoms with Gasteiger partial charge in [-0.25, -0.2) is 4.79 Å². The summed E-state index contributed by atoms with van der Waals surface area (Å²) in [7, 11) is 0. The summed E-state index contributed by atoms with van der Waals surface area (Å²) in [5, 5.41) is 12.6. The van der Waals surface area contributed by atoms with Crippen LogP contribution in [0, 0.1) is 0 Å². The Morgan fingerprint density at radius 2 is 1.64 bits per heavy atom. The van der Waals surface area contributed by atoms with Crippen LogP contribution < -0.4 is 5.84 Å². The van der Waals surface area contributed by atoms with E-state index in [-0.39, 0.29) is 0 Å². The Morgan fingerprint density at radius 1 is 0.889 bits per heavy atom. The number of nitrogens with zero attached hydrogens (tertiary/aromatic N) is 2. The molecule has 0 fully saturated rings. The monoisotopic (exact) mass is 473 g/mol. The molecular formula is C31H27N3O2. The van der Waals surface area contributed by atoms with E-state index in [9.17, 15) is 4.79 Å². The van der Waals surface area contributed by atoms with Crippen LogP contribution in [0.1, 0.15) is 41.2 Å². The van der Waals surface area contributed by atoms with Gasteiger partial charge < -0.3 is 10.9 Å². The highest BCUT2D eigenvalue weighted by molar-refractivity contribution is 5.99. The molecule has 4 aromatic rings. The molecule has 36 heavy (non-hydrogen) atoms. The maximum absolute atomic E-state index is 10.9. The summed E-state index contributed by atoms with van der Waals surface area (Å²) < 4.78 is 0. The first-order chi connectivity index (χ1) is 17.6. The molecule has 5 nitrogen and oxygen atoms in total. The molecule has 1 heterocycles. The molecule has 0 saturated heterocycles. The van der Waals surface area contributed by atoms with E-state index in [0.717, 1.165) is 57.1 Å². The number of rotatable bonds is 8. The van der Waals surface area contributed by atoms with Crippen molar-refractivity contribution in [3.05, 3.63) is 131 Å². The molecule has 3 aromatic carbocycles. The number of carboxylic acid groups (broad SMARTS) is 1. The molecule has 0 radical (unpaired) electrons. The van der Waals surface area contributed by atoms with Gasteiger partial charge >= 0.3 is 5.97 Å². The Balaban J connectivity index is 1.85. The fourth-order valence-electron chi connectivity index (χ4n) is 4.21. The molecule has 0 aliphatic carbocycles. The Hall–Kier alpha value is -4.77. The molecule has 0 aliphatic heterocycles. The lowest BCUT2D eigenvalue weighted by Gasteiger charge is -2.17. The van der Waals surface area contributed by atoms with Gasteiger partial charge in [0.15, 0.2) is 0 Å². The minimum atomic E-state index is -0.972. The fraction of sp³-hybridized carbons (Fsp3) is 0.0645. The Bertz CT molecular complexity index is 1420. The van der Waals surface area contributed by atoms with Gasteiger partial charge in [0.2, 0.25) is 0 Å². The van der Waals surface area contributed by atoms with Gasteiger partial charge in [-0.05, 0) is 69.7 Å². The van der Waals surface area contributed by atoms with Crippen LogP contribution in [0.5, 0.6) is 0 Å². The second-order valence-electron chi connectivity index (χ2n) is 8.20. The van der Waals surface area contributed by atoms with Gasteiger partial charge in [0.1, 0.15) is 0 Å². The quantitative estimate of drug-likeness (QED) is 0.100. The standard InChI is InChI=1S/C31H27N3O2/c1-2-28(24-14-16-25(17-15-24)29-8-3-4-19-33-29)31(27-7-5-6-23(20-27)21-34-32)26-12-9-22(10-13-26)11-18-30(35)36/h3-21H,2,32H2,1H3,(H,35,36)/b18-11+,31-28+,34-21-. The van der Waals surface area contributed by atoms with Crippen molar-refractivity contribution in [3.63, 3.8) is 0 Å². The Morgan fingerprint density at radius 3 is 2.28 bits per heavy atom. The third-order valence-corrected chi connectivity index (χ3v) is 5.87. The van der Waals surface area contributed by atoms with Gasteiger partial charge in [-0.3, -0.25) is 4.98 Å². The Labute approximate surface area is 211 Å². The molecule has 0 aliphatic rings. The highest BCUT2D eigenvalue weighted by atomic mass is 16.4. The number of benzene rings is 3. The summed E-state index contributed by atoms with van der Waals surface area (Å²) >= 11 is 0. The number of pyridine rings is 1. The summed E-state index contributed by atoms with van der Waals surface area (Å²) in [4.78, 5) is 15.4. The van der Waals surface area contributed by atoms with Crippen molar-refractivity contribution in [2.45, 2.75) is 13.3 Å². The molecule has 0 saturated carbocycles. The fourth-order valence-corrected chi connectivity index (χ4v) is 4.21. The first kappa shape index (κ1) is 24.4. The zero-order chi connectivity index (χ0) is 25.3. The summed E-state index contributed by atoms with van der Waals surface area (Å²) in [6.07, 6.45) is 6.97. The van der Waals surface area contributed by atoms with E-state index in [4.69, 9.17) is 10.9 Å². The van der Waals surface area contributed by atoms with Gasteiger partial charge in [-0.2, -0.15) is 5.10 Å². The number of carbonyl (C=O) groups is 1. The number of carboxylic acids is 1. The zero-order valence-electron chi connectivity index (χ0n) is 20.0. The first-order valence-corrected chi connectivity index (χ1v) is 11.7. The minimum absolute atomic E-state index is 0.814. The third kappa shape index (κ3) is 5.83. The minimum Gasteiger partial charge on any atom is -0.478 e. The highest BCUT2D eigenvalue weighted by Gasteiger charge is 2.14. The van der Waals surface area contributed by atoms with Crippen molar-refractivity contribution in [1.29, 1.82) is 0 Å². The van der Waals surface area contributed by atoms with Crippen LogP contribution in [-0.2, 0) is 4.79 Å². The number of allylic oxidation sites excluding steroid dienone is 1. The molecule has 4 rings (SSSR count). The topological polar surface area (TPSA) is 88.6 Å². The number of nitrogens with two attached hydrogens (primary N) is 1. The van der Waals surface area contributed by atoms with Crippen molar-refractivity contribution < 1.29 is 9.90 Å². The molecule has 0 unspecified atom stereocenters. The van der Waals surface area contributed by atoms with E-state index in [0.29, 0.717) is 0 Å². The molecule has 0 bridgehead atoms. The van der Waals surface area contributed by atoms with Crippen LogP contribution in [0.15, 0.2) is 108 Å². The average molecular weight is 474 g/mol. The van der Waals surface area contributed by atoms with Crippen LogP contribution in [0.4, 0.5) is 0 Å². The van der Waals surface area contributed by atoms with Gasteiger partial charge in [-0.1, -0.05) is 79.7 Å². The normalized spacial score (nSPS) is 12.1. The van der Waals surface area contributed by atoms with Gasteiger partial charge in [0, 0.05) is 17.8 Å². The second kappa shape index (κ2) is 11.6. The number of hydrazone groups is 1. The molecule has 3 N–H and O–H groups in total. The van der Waals surface area contributed by atoms with E-state index < -0.39 is 5.97 Å². The molecular weight excluding hydrogens is 446 g/mol. The maximum Gasteiger partial charge on any atom is 0.328 e. The SMILES string of the molecule is CC/C(=C(/c1ccc(/C=C/C(=O)O)cc1)c1cccc(/C=N\N)c1)c1ccc(-c2ccccn2)cc1. The van der Waals surface area contributed by atoms with E-state index in [1.54, 1.807) is 18.5 Å². The molecule has 0 atom stereocenters. The lowest BCUT2D eigenvalue weighted by atomic mass is 9.87. The van der Waals surface area contributed by atoms with Crippen molar-refractivity contribution in [2.24, 2.45) is 10.9 Å². The summed E-state index contributed by atoms with van der Waals surface area (Å²) in [5.74, 6) is 4.44. The lowest BCUT2D eigenvalue weighted by Crippen LogP contribution is -1.97. The van der Waals surface area contributed by atoms with E-state index in [1.165, 1.54) is 5.57 Å². The van der Waals surface area contributed by atoms with Gasteiger partial charge in [0.05, 0.1) is 11.9 Å².